The lowest BCUT2D eigenvalue weighted by Crippen LogP contribution is -2.38. The lowest BCUT2D eigenvalue weighted by Gasteiger charge is -2.26. The highest BCUT2D eigenvalue weighted by Gasteiger charge is 2.20. The summed E-state index contributed by atoms with van der Waals surface area (Å²) in [6, 6.07) is 1.93. The lowest BCUT2D eigenvalue weighted by atomic mass is 9.87. The molecule has 3 rings (SSSR count). The summed E-state index contributed by atoms with van der Waals surface area (Å²) in [4.78, 5) is 12.1. The topological polar surface area (TPSA) is 59.3 Å². The van der Waals surface area contributed by atoms with E-state index < -0.39 is 0 Å². The van der Waals surface area contributed by atoms with Crippen molar-refractivity contribution in [1.29, 1.82) is 0 Å². The molecule has 0 aliphatic heterocycles. The van der Waals surface area contributed by atoms with E-state index in [-0.39, 0.29) is 5.91 Å². The molecule has 2 aromatic heterocycles. The van der Waals surface area contributed by atoms with E-state index in [1.165, 1.54) is 24.6 Å². The van der Waals surface area contributed by atoms with E-state index in [1.54, 1.807) is 16.7 Å². The van der Waals surface area contributed by atoms with Crippen LogP contribution in [0.15, 0.2) is 17.4 Å². The second-order valence-corrected chi connectivity index (χ2v) is 7.78. The van der Waals surface area contributed by atoms with E-state index in [2.05, 4.69) is 22.4 Å². The van der Waals surface area contributed by atoms with Gasteiger partial charge in [0.15, 0.2) is 10.8 Å². The summed E-state index contributed by atoms with van der Waals surface area (Å²) < 4.78 is 1.71. The van der Waals surface area contributed by atoms with Gasteiger partial charge in [-0.15, -0.1) is 10.2 Å². The van der Waals surface area contributed by atoms with Gasteiger partial charge in [-0.2, -0.15) is 0 Å². The van der Waals surface area contributed by atoms with Crippen LogP contribution in [0.4, 0.5) is 0 Å². The van der Waals surface area contributed by atoms with Crippen LogP contribution < -0.4 is 5.32 Å². The zero-order valence-electron chi connectivity index (χ0n) is 12.8. The Morgan fingerprint density at radius 3 is 2.83 bits per heavy atom. The number of hydrogen-bond acceptors (Lipinski definition) is 4. The van der Waals surface area contributed by atoms with Crippen molar-refractivity contribution in [2.45, 2.75) is 43.8 Å². The number of carbonyl (C=O) groups is 1. The summed E-state index contributed by atoms with van der Waals surface area (Å²) in [7, 11) is 0. The molecule has 0 atom stereocenters. The monoisotopic (exact) mass is 372 g/mol. The van der Waals surface area contributed by atoms with E-state index in [9.17, 15) is 4.79 Å². The number of rotatable bonds is 4. The molecule has 5 nitrogen and oxygen atoms in total. The largest absolute Gasteiger partial charge is 0.353 e. The second-order valence-electron chi connectivity index (χ2n) is 6.00. The van der Waals surface area contributed by atoms with Crippen molar-refractivity contribution in [3.05, 3.63) is 22.3 Å². The molecule has 2 heterocycles. The Hall–Kier alpha value is -0.980. The number of carbonyl (C=O) groups excluding carboxylic acids is 1. The summed E-state index contributed by atoms with van der Waals surface area (Å²) >= 11 is 13.4. The number of halogens is 2. The molecule has 1 aliphatic carbocycles. The summed E-state index contributed by atoms with van der Waals surface area (Å²) in [5.74, 6) is 1.10. The fourth-order valence-electron chi connectivity index (χ4n) is 2.80. The molecule has 8 heteroatoms. The molecule has 2 aromatic rings. The van der Waals surface area contributed by atoms with Crippen LogP contribution in [-0.4, -0.2) is 32.3 Å². The van der Waals surface area contributed by atoms with Crippen LogP contribution >= 0.6 is 35.0 Å². The normalized spacial score (nSPS) is 21.5. The fourth-order valence-corrected chi connectivity index (χ4v) is 4.03. The summed E-state index contributed by atoms with van der Waals surface area (Å²) in [6.07, 6.45) is 6.20. The molecule has 0 bridgehead atoms. The van der Waals surface area contributed by atoms with Crippen LogP contribution in [0.25, 0.3) is 5.65 Å². The second kappa shape index (κ2) is 7.28. The first kappa shape index (κ1) is 16.9. The fraction of sp³-hybridized carbons (Fsp3) is 0.533. The smallest absolute Gasteiger partial charge is 0.230 e. The van der Waals surface area contributed by atoms with E-state index >= 15 is 0 Å². The summed E-state index contributed by atoms with van der Waals surface area (Å²) in [5, 5.41) is 12.8. The molecule has 0 saturated heterocycles. The van der Waals surface area contributed by atoms with E-state index in [1.807, 2.05) is 0 Å². The Morgan fingerprint density at radius 2 is 2.09 bits per heavy atom. The predicted octanol–water partition coefficient (Wildman–Crippen LogP) is 3.82. The number of amides is 1. The zero-order chi connectivity index (χ0) is 16.4. The minimum absolute atomic E-state index is 0.0272. The van der Waals surface area contributed by atoms with Gasteiger partial charge in [0.1, 0.15) is 0 Å². The summed E-state index contributed by atoms with van der Waals surface area (Å²) in [5.41, 5.74) is 0.542. The highest BCUT2D eigenvalue weighted by atomic mass is 35.5. The van der Waals surface area contributed by atoms with Gasteiger partial charge in [0.2, 0.25) is 5.91 Å². The highest BCUT2D eigenvalue weighted by molar-refractivity contribution is 7.99. The Kier molecular flexibility index (Phi) is 5.34. The summed E-state index contributed by atoms with van der Waals surface area (Å²) in [6.45, 7) is 2.26. The maximum absolute atomic E-state index is 12.1. The van der Waals surface area contributed by atoms with Gasteiger partial charge in [0.25, 0.3) is 0 Å². The number of thioether (sulfide) groups is 1. The first-order chi connectivity index (χ1) is 11.0. The zero-order valence-corrected chi connectivity index (χ0v) is 15.1. The molecule has 23 heavy (non-hydrogen) atoms. The SMILES string of the molecule is CC1CCC(NC(=O)CSc2nnc3c(Cl)cc(Cl)cn23)CC1. The highest BCUT2D eigenvalue weighted by Crippen LogP contribution is 2.26. The molecule has 1 saturated carbocycles. The van der Waals surface area contributed by atoms with Crippen molar-refractivity contribution in [1.82, 2.24) is 19.9 Å². The Morgan fingerprint density at radius 1 is 1.35 bits per heavy atom. The molecule has 124 valence electrons. The van der Waals surface area contributed by atoms with Crippen LogP contribution in [0.3, 0.4) is 0 Å². The van der Waals surface area contributed by atoms with Crippen molar-refractivity contribution in [3.63, 3.8) is 0 Å². The van der Waals surface area contributed by atoms with Gasteiger partial charge in [0, 0.05) is 12.2 Å². The van der Waals surface area contributed by atoms with Crippen LogP contribution in [-0.2, 0) is 4.79 Å². The molecule has 0 radical (unpaired) electrons. The van der Waals surface area contributed by atoms with E-state index in [0.29, 0.717) is 32.6 Å². The van der Waals surface area contributed by atoms with E-state index in [0.717, 1.165) is 18.8 Å². The molecular weight excluding hydrogens is 355 g/mol. The lowest BCUT2D eigenvalue weighted by molar-refractivity contribution is -0.119. The number of hydrogen-bond donors (Lipinski definition) is 1. The first-order valence-corrected chi connectivity index (χ1v) is 9.39. The molecule has 1 amide bonds. The maximum atomic E-state index is 12.1. The number of nitrogens with one attached hydrogen (secondary N) is 1. The standard InChI is InChI=1S/C15H18Cl2N4OS/c1-9-2-4-11(5-3-9)18-13(22)8-23-15-20-19-14-12(17)6-10(16)7-21(14)15/h6-7,9,11H,2-5,8H2,1H3,(H,18,22). The molecule has 1 N–H and O–H groups in total. The van der Waals surface area contributed by atoms with Crippen molar-refractivity contribution >= 4 is 46.5 Å². The van der Waals surface area contributed by atoms with E-state index in [4.69, 9.17) is 23.2 Å². The molecule has 0 spiro atoms. The van der Waals surface area contributed by atoms with Gasteiger partial charge in [-0.05, 0) is 37.7 Å². The van der Waals surface area contributed by atoms with Gasteiger partial charge in [-0.1, -0.05) is 41.9 Å². The first-order valence-electron chi connectivity index (χ1n) is 7.65. The average Bonchev–Trinajstić information content (AvgIpc) is 2.91. The average molecular weight is 373 g/mol. The van der Waals surface area contributed by atoms with Crippen molar-refractivity contribution < 1.29 is 4.79 Å². The maximum Gasteiger partial charge on any atom is 0.230 e. The predicted molar refractivity (Wildman–Crippen MR) is 93.3 cm³/mol. The third-order valence-electron chi connectivity index (χ3n) is 4.11. The van der Waals surface area contributed by atoms with Crippen molar-refractivity contribution in [2.75, 3.05) is 5.75 Å². The van der Waals surface area contributed by atoms with Crippen molar-refractivity contribution in [2.24, 2.45) is 5.92 Å². The number of fused-ring (bicyclic) bond motifs is 1. The van der Waals surface area contributed by atoms with Crippen LogP contribution in [0.1, 0.15) is 32.6 Å². The molecule has 1 aliphatic rings. The third kappa shape index (κ3) is 4.11. The van der Waals surface area contributed by atoms with Gasteiger partial charge >= 0.3 is 0 Å². The quantitative estimate of drug-likeness (QED) is 0.828. The van der Waals surface area contributed by atoms with Gasteiger partial charge in [-0.25, -0.2) is 0 Å². The number of nitrogens with zero attached hydrogens (tertiary/aromatic N) is 3. The third-order valence-corrected chi connectivity index (χ3v) is 5.54. The Balaban J connectivity index is 1.59. The Labute approximate surface area is 149 Å². The van der Waals surface area contributed by atoms with Gasteiger partial charge in [-0.3, -0.25) is 9.20 Å². The molecule has 1 fully saturated rings. The molecule has 0 aromatic carbocycles. The van der Waals surface area contributed by atoms with Crippen LogP contribution in [0.5, 0.6) is 0 Å². The Bertz CT molecular complexity index is 713. The van der Waals surface area contributed by atoms with Crippen LogP contribution in [0.2, 0.25) is 10.0 Å². The minimum atomic E-state index is 0.0272. The molecule has 0 unspecified atom stereocenters. The number of aromatic nitrogens is 3. The van der Waals surface area contributed by atoms with Crippen LogP contribution in [0, 0.1) is 5.92 Å². The molecular formula is C15H18Cl2N4OS. The van der Waals surface area contributed by atoms with Gasteiger partial charge < -0.3 is 5.32 Å². The number of pyridine rings is 1. The van der Waals surface area contributed by atoms with Crippen molar-refractivity contribution in [3.8, 4) is 0 Å². The van der Waals surface area contributed by atoms with Gasteiger partial charge in [0.05, 0.1) is 15.8 Å². The minimum Gasteiger partial charge on any atom is -0.353 e.